The summed E-state index contributed by atoms with van der Waals surface area (Å²) in [5, 5.41) is 6.97. The van der Waals surface area contributed by atoms with Gasteiger partial charge in [-0.3, -0.25) is 5.10 Å². The fraction of sp³-hybridized carbons (Fsp3) is 0.0667. The van der Waals surface area contributed by atoms with Gasteiger partial charge in [-0.2, -0.15) is 0 Å². The van der Waals surface area contributed by atoms with E-state index < -0.39 is 8.87 Å². The van der Waals surface area contributed by atoms with E-state index in [0.29, 0.717) is 16.6 Å². The van der Waals surface area contributed by atoms with Crippen molar-refractivity contribution in [1.29, 1.82) is 0 Å². The Bertz CT molecular complexity index is 890. The Balaban J connectivity index is 1.88. The van der Waals surface area contributed by atoms with Crippen LogP contribution in [0.4, 0.5) is 0 Å². The lowest BCUT2D eigenvalue weighted by Crippen LogP contribution is -1.95. The summed E-state index contributed by atoms with van der Waals surface area (Å²) >= 11 is 0. The van der Waals surface area contributed by atoms with Crippen LogP contribution in [-0.2, 0) is 8.87 Å². The van der Waals surface area contributed by atoms with Gasteiger partial charge in [0.25, 0.3) is 0 Å². The molecule has 0 atom stereocenters. The lowest BCUT2D eigenvalue weighted by Gasteiger charge is -2.00. The van der Waals surface area contributed by atoms with Gasteiger partial charge in [-0.15, -0.1) is 5.10 Å². The zero-order chi connectivity index (χ0) is 15.6. The first-order chi connectivity index (χ1) is 10.6. The number of rotatable bonds is 4. The number of hydrogen-bond donors (Lipinski definition) is 1. The average molecular weight is 331 g/mol. The highest BCUT2D eigenvalue weighted by Gasteiger charge is 2.19. The average Bonchev–Trinajstić information content (AvgIpc) is 2.96. The highest BCUT2D eigenvalue weighted by molar-refractivity contribution is 8.72. The largest absolute Gasteiger partial charge is 0.258 e. The highest BCUT2D eigenvalue weighted by Crippen LogP contribution is 2.29. The monoisotopic (exact) mass is 331 g/mol. The predicted molar refractivity (Wildman–Crippen MR) is 86.0 cm³/mol. The molecule has 3 rings (SSSR count). The molecule has 7 heteroatoms. The molecule has 0 saturated carbocycles. The molecule has 5 nitrogen and oxygen atoms in total. The molecule has 0 saturated heterocycles. The van der Waals surface area contributed by atoms with Crippen molar-refractivity contribution >= 4 is 19.7 Å². The van der Waals surface area contributed by atoms with Crippen molar-refractivity contribution in [2.24, 2.45) is 0 Å². The van der Waals surface area contributed by atoms with Crippen LogP contribution >= 0.6 is 10.8 Å². The van der Waals surface area contributed by atoms with Gasteiger partial charge in [-0.25, -0.2) is 13.4 Å². The fourth-order valence-electron chi connectivity index (χ4n) is 1.98. The number of nitrogens with one attached hydrogen (secondary N) is 1. The lowest BCUT2D eigenvalue weighted by molar-refractivity contribution is 0.610. The summed E-state index contributed by atoms with van der Waals surface area (Å²) in [7, 11) is -2.88. The SMILES string of the molecule is Cc1ccccc1-c1nc(SS(=O)(=O)c2ccccc2)n[nH]1. The molecule has 2 aromatic carbocycles. The van der Waals surface area contributed by atoms with E-state index in [0.717, 1.165) is 11.1 Å². The zero-order valence-corrected chi connectivity index (χ0v) is 13.4. The lowest BCUT2D eigenvalue weighted by atomic mass is 10.1. The molecule has 0 spiro atoms. The Morgan fingerprint density at radius 1 is 1.00 bits per heavy atom. The van der Waals surface area contributed by atoms with E-state index in [1.54, 1.807) is 30.3 Å². The van der Waals surface area contributed by atoms with Crippen LogP contribution < -0.4 is 0 Å². The van der Waals surface area contributed by atoms with Crippen LogP contribution in [0.15, 0.2) is 64.6 Å². The van der Waals surface area contributed by atoms with E-state index in [9.17, 15) is 8.42 Å². The van der Waals surface area contributed by atoms with Crippen LogP contribution in [0.5, 0.6) is 0 Å². The van der Waals surface area contributed by atoms with Gasteiger partial charge < -0.3 is 0 Å². The number of H-pyrrole nitrogens is 1. The molecule has 1 heterocycles. The maximum atomic E-state index is 12.3. The molecule has 0 radical (unpaired) electrons. The topological polar surface area (TPSA) is 75.7 Å². The molecule has 0 amide bonds. The number of nitrogens with zero attached hydrogens (tertiary/aromatic N) is 2. The molecule has 1 N–H and O–H groups in total. The van der Waals surface area contributed by atoms with Gasteiger partial charge >= 0.3 is 0 Å². The molecule has 0 aliphatic carbocycles. The van der Waals surface area contributed by atoms with Gasteiger partial charge in [0.05, 0.1) is 15.7 Å². The van der Waals surface area contributed by atoms with Gasteiger partial charge in [0.2, 0.25) is 14.0 Å². The number of benzene rings is 2. The van der Waals surface area contributed by atoms with Gasteiger partial charge in [0.1, 0.15) is 0 Å². The van der Waals surface area contributed by atoms with Crippen molar-refractivity contribution in [3.8, 4) is 11.4 Å². The van der Waals surface area contributed by atoms with Gasteiger partial charge in [0.15, 0.2) is 5.82 Å². The normalized spacial score (nSPS) is 11.5. The minimum Gasteiger partial charge on any atom is -0.258 e. The van der Waals surface area contributed by atoms with Crippen LogP contribution in [0.2, 0.25) is 0 Å². The summed E-state index contributed by atoms with van der Waals surface area (Å²) in [5.41, 5.74) is 1.94. The summed E-state index contributed by atoms with van der Waals surface area (Å²) < 4.78 is 24.6. The number of aromatic amines is 1. The maximum Gasteiger partial charge on any atom is 0.237 e. The third-order valence-corrected chi connectivity index (χ3v) is 6.16. The van der Waals surface area contributed by atoms with Crippen molar-refractivity contribution in [2.45, 2.75) is 17.0 Å². The number of aromatic nitrogens is 3. The van der Waals surface area contributed by atoms with E-state index >= 15 is 0 Å². The first-order valence-electron chi connectivity index (χ1n) is 6.54. The summed E-state index contributed by atoms with van der Waals surface area (Å²) in [6.07, 6.45) is 0. The maximum absolute atomic E-state index is 12.3. The van der Waals surface area contributed by atoms with Gasteiger partial charge in [0, 0.05) is 5.56 Å². The van der Waals surface area contributed by atoms with Gasteiger partial charge in [-0.1, -0.05) is 42.5 Å². The Kier molecular flexibility index (Phi) is 4.00. The molecule has 3 aromatic rings. The Hall–Kier alpha value is -2.12. The summed E-state index contributed by atoms with van der Waals surface area (Å²) in [6, 6.07) is 16.0. The molecule has 0 unspecified atom stereocenters. The molecule has 112 valence electrons. The first kappa shape index (κ1) is 14.8. The van der Waals surface area contributed by atoms with Crippen molar-refractivity contribution in [3.63, 3.8) is 0 Å². The Morgan fingerprint density at radius 2 is 1.68 bits per heavy atom. The van der Waals surface area contributed by atoms with E-state index in [4.69, 9.17) is 0 Å². The van der Waals surface area contributed by atoms with Crippen LogP contribution in [0.25, 0.3) is 11.4 Å². The van der Waals surface area contributed by atoms with E-state index in [-0.39, 0.29) is 10.1 Å². The molecule has 0 fully saturated rings. The van der Waals surface area contributed by atoms with Crippen molar-refractivity contribution in [3.05, 3.63) is 60.2 Å². The number of aryl methyl sites for hydroxylation is 1. The molecule has 0 bridgehead atoms. The minimum absolute atomic E-state index is 0.183. The van der Waals surface area contributed by atoms with Gasteiger partial charge in [-0.05, 0) is 24.6 Å². The van der Waals surface area contributed by atoms with Crippen LogP contribution in [-0.4, -0.2) is 23.6 Å². The molecule has 0 aliphatic rings. The first-order valence-corrected chi connectivity index (χ1v) is 9.36. The fourth-order valence-corrected chi connectivity index (χ4v) is 4.40. The standard InChI is InChI=1S/C15H13N3O2S2/c1-11-7-5-6-10-13(11)14-16-15(18-17-14)21-22(19,20)12-8-3-2-4-9-12/h2-10H,1H3,(H,16,17,18). The van der Waals surface area contributed by atoms with E-state index in [1.807, 2.05) is 31.2 Å². The van der Waals surface area contributed by atoms with Crippen molar-refractivity contribution in [2.75, 3.05) is 0 Å². The Morgan fingerprint density at radius 3 is 2.41 bits per heavy atom. The second-order valence-electron chi connectivity index (χ2n) is 4.63. The molecular weight excluding hydrogens is 318 g/mol. The molecule has 1 aromatic heterocycles. The smallest absolute Gasteiger partial charge is 0.237 e. The van der Waals surface area contributed by atoms with E-state index in [1.165, 1.54) is 0 Å². The second-order valence-corrected chi connectivity index (χ2v) is 8.36. The van der Waals surface area contributed by atoms with Crippen molar-refractivity contribution < 1.29 is 8.42 Å². The quantitative estimate of drug-likeness (QED) is 0.743. The van der Waals surface area contributed by atoms with Crippen LogP contribution in [0.1, 0.15) is 5.56 Å². The third-order valence-electron chi connectivity index (χ3n) is 3.08. The van der Waals surface area contributed by atoms with Crippen LogP contribution in [0.3, 0.4) is 0 Å². The zero-order valence-electron chi connectivity index (χ0n) is 11.7. The third kappa shape index (κ3) is 3.05. The molecule has 22 heavy (non-hydrogen) atoms. The van der Waals surface area contributed by atoms with Crippen molar-refractivity contribution in [1.82, 2.24) is 15.2 Å². The molecule has 0 aliphatic heterocycles. The Labute approximate surface area is 132 Å². The second kappa shape index (κ2) is 5.94. The summed E-state index contributed by atoms with van der Waals surface area (Å²) in [5.74, 6) is 0.559. The van der Waals surface area contributed by atoms with Crippen LogP contribution in [0, 0.1) is 6.92 Å². The summed E-state index contributed by atoms with van der Waals surface area (Å²) in [6.45, 7) is 1.96. The predicted octanol–water partition coefficient (Wildman–Crippen LogP) is 3.26. The van der Waals surface area contributed by atoms with E-state index in [2.05, 4.69) is 15.2 Å². The minimum atomic E-state index is -3.52. The highest BCUT2D eigenvalue weighted by atomic mass is 33.1. The number of hydrogen-bond acceptors (Lipinski definition) is 5. The molecular formula is C15H13N3O2S2. The summed E-state index contributed by atoms with van der Waals surface area (Å²) in [4.78, 5) is 4.51.